The fourth-order valence-electron chi connectivity index (χ4n) is 2.34. The van der Waals surface area contributed by atoms with Gasteiger partial charge in [-0.05, 0) is 35.4 Å². The number of rotatable bonds is 5. The highest BCUT2D eigenvalue weighted by molar-refractivity contribution is 7.99. The van der Waals surface area contributed by atoms with Gasteiger partial charge in [0.25, 0.3) is 0 Å². The van der Waals surface area contributed by atoms with E-state index in [1.807, 2.05) is 30.3 Å². The molecule has 1 heterocycles. The molecule has 0 saturated heterocycles. The number of imidazole rings is 1. The zero-order valence-electron chi connectivity index (χ0n) is 12.3. The summed E-state index contributed by atoms with van der Waals surface area (Å²) in [5.74, 6) is 0.0798. The van der Waals surface area contributed by atoms with Crippen molar-refractivity contribution in [3.05, 3.63) is 72.2 Å². The molecule has 0 fully saturated rings. The Kier molecular flexibility index (Phi) is 4.74. The summed E-state index contributed by atoms with van der Waals surface area (Å²) in [7, 11) is 0. The number of hydrogen-bond donors (Lipinski definition) is 0. The average molecular weight is 323 g/mol. The summed E-state index contributed by atoms with van der Waals surface area (Å²) in [4.78, 5) is 4.43. The summed E-state index contributed by atoms with van der Waals surface area (Å²) in [6.45, 7) is 0.654. The molecule has 0 N–H and O–H groups in total. The van der Waals surface area contributed by atoms with E-state index in [-0.39, 0.29) is 5.82 Å². The maximum Gasteiger partial charge on any atom is 0.169 e. The maximum absolute atomic E-state index is 13.2. The van der Waals surface area contributed by atoms with Crippen molar-refractivity contribution in [1.82, 2.24) is 9.55 Å². The SMILES string of the molecule is N#CCSc1ncc(-c2ccc(F)cc2)n1Cc1ccccc1. The number of thioether (sulfide) groups is 1. The van der Waals surface area contributed by atoms with Crippen molar-refractivity contribution in [2.45, 2.75) is 11.7 Å². The first kappa shape index (κ1) is 15.3. The van der Waals surface area contributed by atoms with Crippen LogP contribution in [0.4, 0.5) is 4.39 Å². The molecule has 2 aromatic carbocycles. The van der Waals surface area contributed by atoms with E-state index in [1.165, 1.54) is 23.9 Å². The zero-order chi connectivity index (χ0) is 16.1. The van der Waals surface area contributed by atoms with Gasteiger partial charge < -0.3 is 4.57 Å². The Bertz CT molecular complexity index is 820. The molecule has 0 radical (unpaired) electrons. The van der Waals surface area contributed by atoms with Crippen LogP contribution in [0.5, 0.6) is 0 Å². The van der Waals surface area contributed by atoms with Gasteiger partial charge in [-0.3, -0.25) is 0 Å². The molecule has 0 aliphatic rings. The lowest BCUT2D eigenvalue weighted by Crippen LogP contribution is -2.03. The van der Waals surface area contributed by atoms with E-state index in [0.29, 0.717) is 12.3 Å². The Morgan fingerprint density at radius 1 is 1.09 bits per heavy atom. The number of benzene rings is 2. The quantitative estimate of drug-likeness (QED) is 0.655. The van der Waals surface area contributed by atoms with Crippen molar-refractivity contribution in [3.63, 3.8) is 0 Å². The lowest BCUT2D eigenvalue weighted by atomic mass is 10.1. The molecule has 0 atom stereocenters. The highest BCUT2D eigenvalue weighted by Gasteiger charge is 2.13. The summed E-state index contributed by atoms with van der Waals surface area (Å²) < 4.78 is 15.2. The molecular weight excluding hydrogens is 309 g/mol. The molecule has 0 aliphatic heterocycles. The molecule has 0 bridgehead atoms. The lowest BCUT2D eigenvalue weighted by molar-refractivity contribution is 0.628. The van der Waals surface area contributed by atoms with Gasteiger partial charge in [-0.1, -0.05) is 42.1 Å². The van der Waals surface area contributed by atoms with Crippen LogP contribution in [0.3, 0.4) is 0 Å². The molecule has 3 rings (SSSR count). The number of halogens is 1. The van der Waals surface area contributed by atoms with E-state index in [4.69, 9.17) is 5.26 Å². The average Bonchev–Trinajstić information content (AvgIpc) is 2.97. The van der Waals surface area contributed by atoms with E-state index in [2.05, 4.69) is 15.6 Å². The largest absolute Gasteiger partial charge is 0.314 e. The molecular formula is C18H14FN3S. The minimum atomic E-state index is -0.262. The third-order valence-corrected chi connectivity index (χ3v) is 4.27. The zero-order valence-corrected chi connectivity index (χ0v) is 13.1. The number of nitrogens with zero attached hydrogens (tertiary/aromatic N) is 3. The summed E-state index contributed by atoms with van der Waals surface area (Å²) in [5, 5.41) is 9.60. The van der Waals surface area contributed by atoms with Gasteiger partial charge in [0.1, 0.15) is 5.82 Å². The fraction of sp³-hybridized carbons (Fsp3) is 0.111. The first-order chi connectivity index (χ1) is 11.3. The minimum absolute atomic E-state index is 0.262. The van der Waals surface area contributed by atoms with Crippen molar-refractivity contribution in [2.75, 3.05) is 5.75 Å². The van der Waals surface area contributed by atoms with Gasteiger partial charge in [0.15, 0.2) is 5.16 Å². The first-order valence-corrected chi connectivity index (χ1v) is 8.11. The third kappa shape index (κ3) is 3.61. The summed E-state index contributed by atoms with van der Waals surface area (Å²) in [6, 6.07) is 18.5. The van der Waals surface area contributed by atoms with Gasteiger partial charge in [0.2, 0.25) is 0 Å². The Morgan fingerprint density at radius 3 is 2.52 bits per heavy atom. The summed E-state index contributed by atoms with van der Waals surface area (Å²) >= 11 is 1.40. The third-order valence-electron chi connectivity index (χ3n) is 3.41. The van der Waals surface area contributed by atoms with Crippen LogP contribution in [0, 0.1) is 17.1 Å². The lowest BCUT2D eigenvalue weighted by Gasteiger charge is -2.11. The van der Waals surface area contributed by atoms with E-state index in [1.54, 1.807) is 18.3 Å². The topological polar surface area (TPSA) is 41.6 Å². The Hall–Kier alpha value is -2.58. The molecule has 0 amide bonds. The standard InChI is InChI=1S/C18H14FN3S/c19-16-8-6-15(7-9-16)17-12-21-18(23-11-10-20)22(17)13-14-4-2-1-3-5-14/h1-9,12H,11,13H2. The molecule has 5 heteroatoms. The molecule has 23 heavy (non-hydrogen) atoms. The van der Waals surface area contributed by atoms with Crippen LogP contribution in [0.15, 0.2) is 66.0 Å². The summed E-state index contributed by atoms with van der Waals surface area (Å²) in [6.07, 6.45) is 1.77. The molecule has 1 aromatic heterocycles. The highest BCUT2D eigenvalue weighted by atomic mass is 32.2. The molecule has 3 nitrogen and oxygen atoms in total. The maximum atomic E-state index is 13.2. The number of hydrogen-bond acceptors (Lipinski definition) is 3. The highest BCUT2D eigenvalue weighted by Crippen LogP contribution is 2.27. The normalized spacial score (nSPS) is 10.4. The number of aromatic nitrogens is 2. The molecule has 0 unspecified atom stereocenters. The van der Waals surface area contributed by atoms with Crippen molar-refractivity contribution < 1.29 is 4.39 Å². The van der Waals surface area contributed by atoms with Gasteiger partial charge in [-0.2, -0.15) is 5.26 Å². The van der Waals surface area contributed by atoms with Crippen LogP contribution in [0.1, 0.15) is 5.56 Å². The van der Waals surface area contributed by atoms with Crippen LogP contribution in [0.25, 0.3) is 11.3 Å². The van der Waals surface area contributed by atoms with Crippen LogP contribution in [0.2, 0.25) is 0 Å². The van der Waals surface area contributed by atoms with Gasteiger partial charge in [0.05, 0.1) is 30.3 Å². The van der Waals surface area contributed by atoms with Crippen molar-refractivity contribution in [1.29, 1.82) is 5.26 Å². The van der Waals surface area contributed by atoms with Crippen molar-refractivity contribution in [3.8, 4) is 17.3 Å². The second kappa shape index (κ2) is 7.12. The van der Waals surface area contributed by atoms with Crippen molar-refractivity contribution >= 4 is 11.8 Å². The smallest absolute Gasteiger partial charge is 0.169 e. The van der Waals surface area contributed by atoms with E-state index in [9.17, 15) is 4.39 Å². The molecule has 114 valence electrons. The van der Waals surface area contributed by atoms with Crippen LogP contribution >= 0.6 is 11.8 Å². The van der Waals surface area contributed by atoms with Gasteiger partial charge in [0, 0.05) is 0 Å². The van der Waals surface area contributed by atoms with E-state index < -0.39 is 0 Å². The predicted octanol–water partition coefficient (Wildman–Crippen LogP) is 4.35. The first-order valence-electron chi connectivity index (χ1n) is 7.13. The Morgan fingerprint density at radius 2 is 1.83 bits per heavy atom. The van der Waals surface area contributed by atoms with Gasteiger partial charge in [-0.15, -0.1) is 0 Å². The fourth-order valence-corrected chi connectivity index (χ4v) is 2.98. The summed E-state index contributed by atoms with van der Waals surface area (Å²) in [5.41, 5.74) is 2.96. The molecule has 3 aromatic rings. The van der Waals surface area contributed by atoms with Gasteiger partial charge >= 0.3 is 0 Å². The predicted molar refractivity (Wildman–Crippen MR) is 89.5 cm³/mol. The second-order valence-electron chi connectivity index (χ2n) is 4.95. The van der Waals surface area contributed by atoms with Gasteiger partial charge in [-0.25, -0.2) is 9.37 Å². The van der Waals surface area contributed by atoms with Crippen LogP contribution in [-0.4, -0.2) is 15.3 Å². The van der Waals surface area contributed by atoms with Crippen molar-refractivity contribution in [2.24, 2.45) is 0 Å². The van der Waals surface area contributed by atoms with Crippen LogP contribution < -0.4 is 0 Å². The Labute approximate surface area is 138 Å². The molecule has 0 spiro atoms. The van der Waals surface area contributed by atoms with E-state index >= 15 is 0 Å². The minimum Gasteiger partial charge on any atom is -0.314 e. The molecule has 0 aliphatic carbocycles. The second-order valence-corrected chi connectivity index (χ2v) is 5.89. The molecule has 0 saturated carbocycles. The Balaban J connectivity index is 2.00. The monoisotopic (exact) mass is 323 g/mol. The van der Waals surface area contributed by atoms with E-state index in [0.717, 1.165) is 22.0 Å². The number of nitriles is 1. The van der Waals surface area contributed by atoms with Crippen LogP contribution in [-0.2, 0) is 6.54 Å².